The molecular formula is C13H11Cl2N5. The van der Waals surface area contributed by atoms with E-state index in [0.29, 0.717) is 33.8 Å². The highest BCUT2D eigenvalue weighted by Crippen LogP contribution is 2.28. The lowest BCUT2D eigenvalue weighted by molar-refractivity contribution is 1.10. The van der Waals surface area contributed by atoms with Crippen LogP contribution < -0.4 is 16.6 Å². The van der Waals surface area contributed by atoms with Crippen LogP contribution in [0.2, 0.25) is 10.0 Å². The van der Waals surface area contributed by atoms with Crippen molar-refractivity contribution in [3.8, 4) is 6.07 Å². The molecule has 0 aliphatic carbocycles. The van der Waals surface area contributed by atoms with Gasteiger partial charge in [0, 0.05) is 6.54 Å². The molecule has 20 heavy (non-hydrogen) atoms. The summed E-state index contributed by atoms with van der Waals surface area (Å²) in [6.45, 7) is 0.480. The van der Waals surface area contributed by atoms with Crippen molar-refractivity contribution in [2.24, 2.45) is 5.84 Å². The molecule has 5 nitrogen and oxygen atoms in total. The molecule has 0 spiro atoms. The minimum absolute atomic E-state index is 0.337. The molecule has 0 fully saturated rings. The maximum absolute atomic E-state index is 8.85. The molecule has 1 heterocycles. The second-order valence-electron chi connectivity index (χ2n) is 3.96. The smallest absolute Gasteiger partial charge is 0.161 e. The first kappa shape index (κ1) is 14.4. The number of hydrazine groups is 1. The molecule has 2 rings (SSSR count). The van der Waals surface area contributed by atoms with Gasteiger partial charge < -0.3 is 10.7 Å². The molecule has 1 aromatic carbocycles. The molecule has 1 aromatic heterocycles. The molecule has 2 aromatic rings. The Morgan fingerprint density at radius 3 is 2.65 bits per heavy atom. The van der Waals surface area contributed by atoms with Crippen molar-refractivity contribution in [2.45, 2.75) is 6.54 Å². The standard InChI is InChI=1S/C13H11Cl2N5/c14-10-5-11(15)13(20-17)19-12(10)18-7-9-3-1-2-8(4-9)6-16/h1-5H,7,17H2,(H2,18,19,20). The Morgan fingerprint density at radius 1 is 1.20 bits per heavy atom. The maximum atomic E-state index is 8.85. The molecule has 0 saturated heterocycles. The first-order valence-electron chi connectivity index (χ1n) is 5.69. The molecule has 102 valence electrons. The Kier molecular flexibility index (Phi) is 4.64. The summed E-state index contributed by atoms with van der Waals surface area (Å²) < 4.78 is 0. The fourth-order valence-corrected chi connectivity index (χ4v) is 2.11. The second-order valence-corrected chi connectivity index (χ2v) is 4.77. The molecule has 0 atom stereocenters. The number of nitrogens with one attached hydrogen (secondary N) is 2. The SMILES string of the molecule is N#Cc1cccc(CNc2nc(NN)c(Cl)cc2Cl)c1. The third kappa shape index (κ3) is 3.31. The molecule has 0 radical (unpaired) electrons. The summed E-state index contributed by atoms with van der Waals surface area (Å²) in [4.78, 5) is 4.17. The number of nitrogen functional groups attached to an aromatic ring is 1. The molecular weight excluding hydrogens is 297 g/mol. The van der Waals surface area contributed by atoms with Crippen molar-refractivity contribution < 1.29 is 0 Å². The van der Waals surface area contributed by atoms with E-state index >= 15 is 0 Å². The van der Waals surface area contributed by atoms with E-state index in [1.54, 1.807) is 18.2 Å². The van der Waals surface area contributed by atoms with Gasteiger partial charge in [0.1, 0.15) is 5.82 Å². The average Bonchev–Trinajstić information content (AvgIpc) is 2.46. The van der Waals surface area contributed by atoms with Crippen LogP contribution in [0, 0.1) is 11.3 Å². The minimum atomic E-state index is 0.337. The number of pyridine rings is 1. The number of benzene rings is 1. The van der Waals surface area contributed by atoms with Gasteiger partial charge in [-0.1, -0.05) is 35.3 Å². The van der Waals surface area contributed by atoms with E-state index in [9.17, 15) is 0 Å². The third-order valence-corrected chi connectivity index (χ3v) is 3.16. The summed E-state index contributed by atoms with van der Waals surface area (Å²) >= 11 is 12.0. The van der Waals surface area contributed by atoms with Crippen LogP contribution in [0.3, 0.4) is 0 Å². The highest BCUT2D eigenvalue weighted by Gasteiger charge is 2.08. The van der Waals surface area contributed by atoms with Crippen molar-refractivity contribution in [1.29, 1.82) is 5.26 Å². The Morgan fingerprint density at radius 2 is 1.95 bits per heavy atom. The number of aromatic nitrogens is 1. The number of halogens is 2. The quantitative estimate of drug-likeness (QED) is 0.596. The summed E-state index contributed by atoms with van der Waals surface area (Å²) in [5.41, 5.74) is 3.94. The molecule has 0 bridgehead atoms. The van der Waals surface area contributed by atoms with Crippen LogP contribution in [0.5, 0.6) is 0 Å². The lowest BCUT2D eigenvalue weighted by Crippen LogP contribution is -2.11. The van der Waals surface area contributed by atoms with E-state index in [2.05, 4.69) is 21.8 Å². The fourth-order valence-electron chi connectivity index (χ4n) is 1.63. The number of nitrogens with zero attached hydrogens (tertiary/aromatic N) is 2. The third-order valence-electron chi connectivity index (χ3n) is 2.58. The normalized spacial score (nSPS) is 9.90. The zero-order chi connectivity index (χ0) is 14.5. The largest absolute Gasteiger partial charge is 0.365 e. The highest BCUT2D eigenvalue weighted by atomic mass is 35.5. The topological polar surface area (TPSA) is 86.8 Å². The van der Waals surface area contributed by atoms with E-state index < -0.39 is 0 Å². The number of rotatable bonds is 4. The number of nitrogens with two attached hydrogens (primary N) is 1. The lowest BCUT2D eigenvalue weighted by atomic mass is 10.1. The van der Waals surface area contributed by atoms with Gasteiger partial charge in [-0.25, -0.2) is 10.8 Å². The molecule has 0 saturated carbocycles. The van der Waals surface area contributed by atoms with Crippen molar-refractivity contribution in [1.82, 2.24) is 4.98 Å². The monoisotopic (exact) mass is 307 g/mol. The molecule has 0 unspecified atom stereocenters. The second kappa shape index (κ2) is 6.44. The van der Waals surface area contributed by atoms with Crippen LogP contribution >= 0.6 is 23.2 Å². The number of hydrogen-bond acceptors (Lipinski definition) is 5. The van der Waals surface area contributed by atoms with Gasteiger partial charge >= 0.3 is 0 Å². The first-order chi connectivity index (χ1) is 9.63. The molecule has 4 N–H and O–H groups in total. The van der Waals surface area contributed by atoms with E-state index in [1.807, 2.05) is 12.1 Å². The van der Waals surface area contributed by atoms with Gasteiger partial charge in [0.15, 0.2) is 5.82 Å². The van der Waals surface area contributed by atoms with Crippen molar-refractivity contribution in [3.63, 3.8) is 0 Å². The number of nitriles is 1. The minimum Gasteiger partial charge on any atom is -0.365 e. The van der Waals surface area contributed by atoms with Gasteiger partial charge in [0.25, 0.3) is 0 Å². The Labute approximate surface area is 126 Å². The summed E-state index contributed by atoms with van der Waals surface area (Å²) in [6, 6.07) is 10.9. The van der Waals surface area contributed by atoms with Crippen molar-refractivity contribution in [2.75, 3.05) is 10.7 Å². The molecule has 0 aliphatic heterocycles. The Balaban J connectivity index is 2.16. The summed E-state index contributed by atoms with van der Waals surface area (Å²) in [6.07, 6.45) is 0. The van der Waals surface area contributed by atoms with Gasteiger partial charge in [0.2, 0.25) is 0 Å². The van der Waals surface area contributed by atoms with E-state index in [1.165, 1.54) is 0 Å². The van der Waals surface area contributed by atoms with Crippen LogP contribution in [0.25, 0.3) is 0 Å². The van der Waals surface area contributed by atoms with Gasteiger partial charge in [-0.3, -0.25) is 0 Å². The van der Waals surface area contributed by atoms with Crippen LogP contribution in [0.15, 0.2) is 30.3 Å². The molecule has 0 aliphatic rings. The fraction of sp³-hybridized carbons (Fsp3) is 0.0769. The van der Waals surface area contributed by atoms with Gasteiger partial charge in [-0.15, -0.1) is 0 Å². The maximum Gasteiger partial charge on any atom is 0.161 e. The van der Waals surface area contributed by atoms with E-state index in [4.69, 9.17) is 34.3 Å². The summed E-state index contributed by atoms with van der Waals surface area (Å²) in [5, 5.41) is 12.7. The molecule has 7 heteroatoms. The van der Waals surface area contributed by atoms with Crippen LogP contribution in [-0.2, 0) is 6.54 Å². The highest BCUT2D eigenvalue weighted by molar-refractivity contribution is 6.37. The Hall–Kier alpha value is -2.00. The van der Waals surface area contributed by atoms with Gasteiger partial charge in [0.05, 0.1) is 21.7 Å². The number of anilines is 2. The molecule has 0 amide bonds. The average molecular weight is 308 g/mol. The van der Waals surface area contributed by atoms with Crippen LogP contribution in [0.4, 0.5) is 11.6 Å². The Bertz CT molecular complexity index is 666. The van der Waals surface area contributed by atoms with E-state index in [-0.39, 0.29) is 0 Å². The zero-order valence-corrected chi connectivity index (χ0v) is 11.8. The predicted octanol–water partition coefficient (Wildman–Crippen LogP) is 3.16. The van der Waals surface area contributed by atoms with Crippen LogP contribution in [0.1, 0.15) is 11.1 Å². The van der Waals surface area contributed by atoms with E-state index in [0.717, 1.165) is 5.56 Å². The first-order valence-corrected chi connectivity index (χ1v) is 6.45. The van der Waals surface area contributed by atoms with Crippen molar-refractivity contribution >= 4 is 34.8 Å². The number of hydrogen-bond donors (Lipinski definition) is 3. The summed E-state index contributed by atoms with van der Waals surface area (Å²) in [5.74, 6) is 6.11. The van der Waals surface area contributed by atoms with Gasteiger partial charge in [-0.2, -0.15) is 5.26 Å². The van der Waals surface area contributed by atoms with Crippen LogP contribution in [-0.4, -0.2) is 4.98 Å². The lowest BCUT2D eigenvalue weighted by Gasteiger charge is -2.10. The van der Waals surface area contributed by atoms with Gasteiger partial charge in [-0.05, 0) is 23.8 Å². The summed E-state index contributed by atoms with van der Waals surface area (Å²) in [7, 11) is 0. The zero-order valence-electron chi connectivity index (χ0n) is 10.3. The predicted molar refractivity (Wildman–Crippen MR) is 80.6 cm³/mol. The van der Waals surface area contributed by atoms with Crippen molar-refractivity contribution in [3.05, 3.63) is 51.5 Å².